The van der Waals surface area contributed by atoms with E-state index in [0.717, 1.165) is 19.7 Å². The normalized spacial score (nSPS) is 29.2. The van der Waals surface area contributed by atoms with Gasteiger partial charge < -0.3 is 15.4 Å². The second-order valence-corrected chi connectivity index (χ2v) is 4.81. The van der Waals surface area contributed by atoms with Crippen molar-refractivity contribution in [2.75, 3.05) is 31.6 Å². The first-order valence-electron chi connectivity index (χ1n) is 6.20. The summed E-state index contributed by atoms with van der Waals surface area (Å²) in [7, 11) is 0. The first-order valence-corrected chi connectivity index (χ1v) is 6.20. The maximum Gasteiger partial charge on any atom is 0.231 e. The van der Waals surface area contributed by atoms with Crippen molar-refractivity contribution in [3.05, 3.63) is 18.6 Å². The summed E-state index contributed by atoms with van der Waals surface area (Å²) in [6, 6.07) is 0. The van der Waals surface area contributed by atoms with Crippen molar-refractivity contribution in [1.82, 2.24) is 15.3 Å². The van der Waals surface area contributed by atoms with Gasteiger partial charge in [0, 0.05) is 18.9 Å². The molecule has 2 aliphatic heterocycles. The average molecular weight is 285 g/mol. The Balaban J connectivity index is 0.00000133. The van der Waals surface area contributed by atoms with Crippen LogP contribution in [0, 0.1) is 17.8 Å². The second kappa shape index (κ2) is 6.27. The summed E-state index contributed by atoms with van der Waals surface area (Å²) in [4.78, 5) is 20.2. The van der Waals surface area contributed by atoms with Gasteiger partial charge in [0.15, 0.2) is 5.82 Å². The molecule has 2 N–H and O–H groups in total. The van der Waals surface area contributed by atoms with E-state index in [2.05, 4.69) is 20.6 Å². The molecule has 0 aromatic carbocycles. The number of halogens is 1. The summed E-state index contributed by atoms with van der Waals surface area (Å²) >= 11 is 0. The van der Waals surface area contributed by atoms with Gasteiger partial charge in [-0.1, -0.05) is 0 Å². The number of aromatic nitrogens is 2. The summed E-state index contributed by atoms with van der Waals surface area (Å²) in [6.45, 7) is 3.09. The molecule has 3 atom stereocenters. The number of carbonyl (C=O) groups excluding carboxylic acids is 1. The lowest BCUT2D eigenvalue weighted by atomic mass is 9.82. The van der Waals surface area contributed by atoms with Crippen molar-refractivity contribution in [1.29, 1.82) is 0 Å². The molecule has 0 spiro atoms. The van der Waals surface area contributed by atoms with Crippen LogP contribution in [-0.4, -0.2) is 42.2 Å². The number of nitrogens with one attached hydrogen (secondary N) is 2. The molecule has 2 saturated heterocycles. The predicted molar refractivity (Wildman–Crippen MR) is 72.1 cm³/mol. The zero-order valence-electron chi connectivity index (χ0n) is 10.4. The number of carbonyl (C=O) groups is 1. The van der Waals surface area contributed by atoms with E-state index >= 15 is 0 Å². The molecule has 1 aromatic rings. The minimum Gasteiger partial charge on any atom is -0.380 e. The number of ether oxygens (including phenoxy) is 1. The fourth-order valence-electron chi connectivity index (χ4n) is 2.73. The van der Waals surface area contributed by atoms with Gasteiger partial charge in [-0.15, -0.1) is 12.4 Å². The number of anilines is 1. The van der Waals surface area contributed by atoms with Gasteiger partial charge in [0.1, 0.15) is 0 Å². The molecule has 6 nitrogen and oxygen atoms in total. The Kier molecular flexibility index (Phi) is 4.68. The number of amides is 1. The van der Waals surface area contributed by atoms with E-state index in [-0.39, 0.29) is 24.2 Å². The molecule has 1 aromatic heterocycles. The molecule has 3 heterocycles. The quantitative estimate of drug-likeness (QED) is 0.818. The molecule has 0 radical (unpaired) electrons. The highest BCUT2D eigenvalue weighted by molar-refractivity contribution is 5.92. The van der Waals surface area contributed by atoms with Crippen molar-refractivity contribution in [2.24, 2.45) is 17.8 Å². The van der Waals surface area contributed by atoms with E-state index in [1.165, 1.54) is 0 Å². The Labute approximate surface area is 117 Å². The standard InChI is InChI=1S/C12H16N4O2.ClH/c17-12(16-11-5-13-1-2-15-11)10-7-18-6-8-3-14-4-9(8)10;/h1-2,5,8-10,14H,3-4,6-7H2,(H,15,16,17);1H/t8-,9-,10+;/m1./s1. The van der Waals surface area contributed by atoms with Gasteiger partial charge in [-0.2, -0.15) is 0 Å². The summed E-state index contributed by atoms with van der Waals surface area (Å²) in [5.74, 6) is 1.21. The van der Waals surface area contributed by atoms with Crippen molar-refractivity contribution in [3.63, 3.8) is 0 Å². The Bertz CT molecular complexity index is 431. The summed E-state index contributed by atoms with van der Waals surface area (Å²) in [5.41, 5.74) is 0. The van der Waals surface area contributed by atoms with Crippen LogP contribution in [-0.2, 0) is 9.53 Å². The predicted octanol–water partition coefficient (Wildman–Crippen LogP) is 0.319. The van der Waals surface area contributed by atoms with Crippen LogP contribution in [0.1, 0.15) is 0 Å². The minimum absolute atomic E-state index is 0. The topological polar surface area (TPSA) is 76.1 Å². The minimum atomic E-state index is -0.0965. The van der Waals surface area contributed by atoms with Gasteiger partial charge in [0.2, 0.25) is 5.91 Å². The monoisotopic (exact) mass is 284 g/mol. The van der Waals surface area contributed by atoms with E-state index < -0.39 is 0 Å². The van der Waals surface area contributed by atoms with Crippen molar-refractivity contribution in [3.8, 4) is 0 Å². The molecule has 104 valence electrons. The molecule has 0 unspecified atom stereocenters. The van der Waals surface area contributed by atoms with Gasteiger partial charge in [0.25, 0.3) is 0 Å². The molecular formula is C12H17ClN4O2. The van der Waals surface area contributed by atoms with Gasteiger partial charge in [-0.05, 0) is 18.4 Å². The highest BCUT2D eigenvalue weighted by Gasteiger charge is 2.40. The molecule has 0 aliphatic carbocycles. The lowest BCUT2D eigenvalue weighted by molar-refractivity contribution is -0.128. The largest absolute Gasteiger partial charge is 0.380 e. The van der Waals surface area contributed by atoms with E-state index in [9.17, 15) is 4.79 Å². The molecule has 3 rings (SSSR count). The van der Waals surface area contributed by atoms with Crippen LogP contribution < -0.4 is 10.6 Å². The van der Waals surface area contributed by atoms with E-state index in [1.807, 2.05) is 0 Å². The number of fused-ring (bicyclic) bond motifs is 1. The summed E-state index contributed by atoms with van der Waals surface area (Å²) in [6.07, 6.45) is 4.69. The van der Waals surface area contributed by atoms with Crippen LogP contribution in [0.15, 0.2) is 18.6 Å². The first-order chi connectivity index (χ1) is 8.84. The van der Waals surface area contributed by atoms with E-state index in [0.29, 0.717) is 24.3 Å². The Morgan fingerprint density at radius 3 is 3.05 bits per heavy atom. The molecule has 0 saturated carbocycles. The fraction of sp³-hybridized carbons (Fsp3) is 0.583. The number of hydrogen-bond donors (Lipinski definition) is 2. The third-order valence-electron chi connectivity index (χ3n) is 3.69. The SMILES string of the molecule is Cl.O=C(Nc1cnccn1)[C@H]1COC[C@H]2CNC[C@H]21. The van der Waals surface area contributed by atoms with Gasteiger partial charge in [-0.3, -0.25) is 9.78 Å². The summed E-state index contributed by atoms with van der Waals surface area (Å²) < 4.78 is 5.52. The van der Waals surface area contributed by atoms with Crippen LogP contribution in [0.2, 0.25) is 0 Å². The van der Waals surface area contributed by atoms with Crippen LogP contribution >= 0.6 is 12.4 Å². The third kappa shape index (κ3) is 3.02. The van der Waals surface area contributed by atoms with Crippen molar-refractivity contribution < 1.29 is 9.53 Å². The summed E-state index contributed by atoms with van der Waals surface area (Å²) in [5, 5.41) is 6.13. The van der Waals surface area contributed by atoms with Crippen LogP contribution in [0.25, 0.3) is 0 Å². The molecule has 0 bridgehead atoms. The number of hydrogen-bond acceptors (Lipinski definition) is 5. The van der Waals surface area contributed by atoms with Crippen molar-refractivity contribution >= 4 is 24.1 Å². The highest BCUT2D eigenvalue weighted by atomic mass is 35.5. The highest BCUT2D eigenvalue weighted by Crippen LogP contribution is 2.30. The molecule has 1 amide bonds. The first kappa shape index (κ1) is 14.2. The lowest BCUT2D eigenvalue weighted by Gasteiger charge is -2.31. The molecular weight excluding hydrogens is 268 g/mol. The van der Waals surface area contributed by atoms with Crippen LogP contribution in [0.5, 0.6) is 0 Å². The number of rotatable bonds is 2. The second-order valence-electron chi connectivity index (χ2n) is 4.81. The Hall–Kier alpha value is -1.24. The Morgan fingerprint density at radius 1 is 1.37 bits per heavy atom. The Morgan fingerprint density at radius 2 is 2.26 bits per heavy atom. The zero-order valence-corrected chi connectivity index (χ0v) is 11.2. The molecule has 2 aliphatic rings. The lowest BCUT2D eigenvalue weighted by Crippen LogP contribution is -2.42. The number of nitrogens with zero attached hydrogens (tertiary/aromatic N) is 2. The smallest absolute Gasteiger partial charge is 0.231 e. The third-order valence-corrected chi connectivity index (χ3v) is 3.69. The molecule has 7 heteroatoms. The zero-order chi connectivity index (χ0) is 12.4. The maximum atomic E-state index is 12.2. The average Bonchev–Trinajstić information content (AvgIpc) is 2.87. The van der Waals surface area contributed by atoms with Gasteiger partial charge in [-0.25, -0.2) is 4.98 Å². The van der Waals surface area contributed by atoms with Gasteiger partial charge in [0.05, 0.1) is 25.3 Å². The van der Waals surface area contributed by atoms with Crippen molar-refractivity contribution in [2.45, 2.75) is 0 Å². The van der Waals surface area contributed by atoms with Crippen LogP contribution in [0.3, 0.4) is 0 Å². The molecule has 19 heavy (non-hydrogen) atoms. The van der Waals surface area contributed by atoms with E-state index in [4.69, 9.17) is 4.74 Å². The molecule has 2 fully saturated rings. The van der Waals surface area contributed by atoms with E-state index in [1.54, 1.807) is 18.6 Å². The fourth-order valence-corrected chi connectivity index (χ4v) is 2.73. The maximum absolute atomic E-state index is 12.2. The van der Waals surface area contributed by atoms with Crippen LogP contribution in [0.4, 0.5) is 5.82 Å². The van der Waals surface area contributed by atoms with Gasteiger partial charge >= 0.3 is 0 Å².